The molecule has 0 saturated carbocycles. The smallest absolute Gasteiger partial charge is 0.268 e. The van der Waals surface area contributed by atoms with E-state index in [-0.39, 0.29) is 16.0 Å². The van der Waals surface area contributed by atoms with E-state index in [0.717, 1.165) is 34.4 Å². The number of morpholine rings is 1. The van der Waals surface area contributed by atoms with Gasteiger partial charge in [0.1, 0.15) is 0 Å². The molecule has 1 unspecified atom stereocenters. The first-order valence-electron chi connectivity index (χ1n) is 12.4. The third-order valence-corrected chi connectivity index (χ3v) is 14.3. The van der Waals surface area contributed by atoms with E-state index in [0.29, 0.717) is 25.5 Å². The van der Waals surface area contributed by atoms with E-state index in [9.17, 15) is 8.42 Å². The van der Waals surface area contributed by atoms with Crippen LogP contribution < -0.4 is 4.31 Å². The highest BCUT2D eigenvalue weighted by Gasteiger charge is 2.44. The largest absolute Gasteiger partial charge is 0.413 e. The fourth-order valence-corrected chi connectivity index (χ4v) is 7.27. The number of sulfonamides is 1. The standard InChI is InChI=1S/C27H37BrN2O4SSi/c1-20-7-10-22(11-8-20)35(31,32)30-24-12-9-21(28)19-23(24)26(29-14-17-33-18-15-29)25(30)13-16-34-36(5,6)27(2,3)4/h7-13,19,26H,14-18H2,1-6H3/b25-13-. The monoisotopic (exact) mass is 592 g/mol. The van der Waals surface area contributed by atoms with Crippen molar-refractivity contribution in [2.24, 2.45) is 0 Å². The van der Waals surface area contributed by atoms with Crippen molar-refractivity contribution in [3.8, 4) is 0 Å². The molecule has 196 valence electrons. The highest BCUT2D eigenvalue weighted by Crippen LogP contribution is 2.49. The zero-order valence-electron chi connectivity index (χ0n) is 22.0. The first kappa shape index (κ1) is 27.5. The van der Waals surface area contributed by atoms with Crippen LogP contribution in [0, 0.1) is 6.92 Å². The second-order valence-corrected chi connectivity index (χ2v) is 18.5. The molecule has 2 aliphatic rings. The molecule has 0 aromatic heterocycles. The summed E-state index contributed by atoms with van der Waals surface area (Å²) in [4.78, 5) is 2.60. The minimum atomic E-state index is -3.85. The molecule has 0 amide bonds. The summed E-state index contributed by atoms with van der Waals surface area (Å²) < 4.78 is 42.9. The van der Waals surface area contributed by atoms with Crippen LogP contribution in [0.1, 0.15) is 37.9 Å². The van der Waals surface area contributed by atoms with Crippen LogP contribution in [0.4, 0.5) is 5.69 Å². The Balaban J connectivity index is 1.84. The van der Waals surface area contributed by atoms with Gasteiger partial charge in [-0.1, -0.05) is 54.4 Å². The van der Waals surface area contributed by atoms with Crippen molar-refractivity contribution in [1.29, 1.82) is 0 Å². The van der Waals surface area contributed by atoms with Gasteiger partial charge in [0.05, 0.1) is 42.1 Å². The lowest BCUT2D eigenvalue weighted by atomic mass is 10.0. The van der Waals surface area contributed by atoms with Crippen molar-refractivity contribution in [2.45, 2.75) is 56.8 Å². The average molecular weight is 594 g/mol. The van der Waals surface area contributed by atoms with Gasteiger partial charge in [0, 0.05) is 23.1 Å². The minimum absolute atomic E-state index is 0.0618. The Morgan fingerprint density at radius 2 is 1.75 bits per heavy atom. The molecule has 0 aliphatic carbocycles. The normalized spacial score (nSPS) is 20.7. The molecule has 4 rings (SSSR count). The number of hydrogen-bond acceptors (Lipinski definition) is 5. The van der Waals surface area contributed by atoms with Crippen molar-refractivity contribution in [3.05, 3.63) is 69.8 Å². The van der Waals surface area contributed by atoms with Gasteiger partial charge in [0.25, 0.3) is 10.0 Å². The van der Waals surface area contributed by atoms with Gasteiger partial charge in [-0.25, -0.2) is 12.7 Å². The number of anilines is 1. The average Bonchev–Trinajstić information content (AvgIpc) is 3.13. The van der Waals surface area contributed by atoms with E-state index in [1.54, 1.807) is 12.1 Å². The molecule has 9 heteroatoms. The van der Waals surface area contributed by atoms with E-state index in [1.807, 2.05) is 43.3 Å². The number of halogens is 1. The molecule has 1 fully saturated rings. The lowest BCUT2D eigenvalue weighted by molar-refractivity contribution is 0.0241. The van der Waals surface area contributed by atoms with Crippen LogP contribution in [0.15, 0.2) is 63.6 Å². The van der Waals surface area contributed by atoms with Crippen LogP contribution in [0.3, 0.4) is 0 Å². The fourth-order valence-electron chi connectivity index (χ4n) is 4.39. The Bertz CT molecular complexity index is 1230. The lowest BCUT2D eigenvalue weighted by Gasteiger charge is -2.36. The number of benzene rings is 2. The van der Waals surface area contributed by atoms with E-state index in [2.05, 4.69) is 54.7 Å². The van der Waals surface area contributed by atoms with E-state index >= 15 is 0 Å². The number of hydrogen-bond donors (Lipinski definition) is 0. The van der Waals surface area contributed by atoms with E-state index in [1.165, 1.54) is 4.31 Å². The molecule has 1 atom stereocenters. The molecule has 0 radical (unpaired) electrons. The second kappa shape index (κ2) is 10.3. The molecule has 0 spiro atoms. The molecule has 0 N–H and O–H groups in total. The predicted octanol–water partition coefficient (Wildman–Crippen LogP) is 6.25. The Kier molecular flexibility index (Phi) is 7.91. The maximum atomic E-state index is 14.1. The minimum Gasteiger partial charge on any atom is -0.413 e. The van der Waals surface area contributed by atoms with Crippen molar-refractivity contribution in [1.82, 2.24) is 4.90 Å². The SMILES string of the molecule is Cc1ccc(S(=O)(=O)N2/C(=C\CO[Si](C)(C)C(C)(C)C)C(N3CCOCC3)c3cc(Br)ccc32)cc1. The van der Waals surface area contributed by atoms with Crippen molar-refractivity contribution in [3.63, 3.8) is 0 Å². The van der Waals surface area contributed by atoms with E-state index in [4.69, 9.17) is 9.16 Å². The molecule has 2 aromatic rings. The summed E-state index contributed by atoms with van der Waals surface area (Å²) in [5, 5.41) is 0.0618. The van der Waals surface area contributed by atoms with Gasteiger partial charge >= 0.3 is 0 Å². The summed E-state index contributed by atoms with van der Waals surface area (Å²) in [7, 11) is -5.87. The van der Waals surface area contributed by atoms with Gasteiger partial charge < -0.3 is 9.16 Å². The van der Waals surface area contributed by atoms with Crippen LogP contribution in [-0.4, -0.2) is 54.5 Å². The Labute approximate surface area is 225 Å². The summed E-state index contributed by atoms with van der Waals surface area (Å²) in [5.74, 6) is 0. The Hall–Kier alpha value is -1.49. The summed E-state index contributed by atoms with van der Waals surface area (Å²) in [6, 6.07) is 12.7. The Morgan fingerprint density at radius 3 is 2.36 bits per heavy atom. The summed E-state index contributed by atoms with van der Waals surface area (Å²) in [6.07, 6.45) is 1.99. The third-order valence-electron chi connectivity index (χ3n) is 7.53. The van der Waals surface area contributed by atoms with Crippen molar-refractivity contribution < 1.29 is 17.6 Å². The van der Waals surface area contributed by atoms with Crippen LogP contribution in [0.5, 0.6) is 0 Å². The van der Waals surface area contributed by atoms with Crippen LogP contribution in [0.25, 0.3) is 0 Å². The predicted molar refractivity (Wildman–Crippen MR) is 151 cm³/mol. The molecule has 2 aliphatic heterocycles. The highest BCUT2D eigenvalue weighted by molar-refractivity contribution is 9.10. The number of ether oxygens (including phenoxy) is 1. The lowest BCUT2D eigenvalue weighted by Crippen LogP contribution is -2.42. The molecular formula is C27H37BrN2O4SSi. The summed E-state index contributed by atoms with van der Waals surface area (Å²) in [5.41, 5.74) is 3.41. The van der Waals surface area contributed by atoms with Crippen molar-refractivity contribution >= 4 is 40.0 Å². The first-order valence-corrected chi connectivity index (χ1v) is 17.5. The molecule has 2 aromatic carbocycles. The van der Waals surface area contributed by atoms with E-state index < -0.39 is 18.3 Å². The van der Waals surface area contributed by atoms with Crippen LogP contribution in [-0.2, 0) is 19.2 Å². The quantitative estimate of drug-likeness (QED) is 0.371. The van der Waals surface area contributed by atoms with Crippen LogP contribution in [0.2, 0.25) is 18.1 Å². The molecule has 1 saturated heterocycles. The van der Waals surface area contributed by atoms with Gasteiger partial charge in [-0.05, 0) is 61.5 Å². The van der Waals surface area contributed by atoms with Gasteiger partial charge in [0.15, 0.2) is 8.32 Å². The maximum Gasteiger partial charge on any atom is 0.268 e. The highest BCUT2D eigenvalue weighted by atomic mass is 79.9. The molecule has 36 heavy (non-hydrogen) atoms. The van der Waals surface area contributed by atoms with Gasteiger partial charge in [-0.2, -0.15) is 0 Å². The zero-order chi connectivity index (χ0) is 26.3. The number of aryl methyl sites for hydroxylation is 1. The number of rotatable bonds is 6. The van der Waals surface area contributed by atoms with Gasteiger partial charge in [-0.15, -0.1) is 0 Å². The zero-order valence-corrected chi connectivity index (χ0v) is 25.4. The molecule has 0 bridgehead atoms. The first-order chi connectivity index (χ1) is 16.8. The molecule has 6 nitrogen and oxygen atoms in total. The molecule has 2 heterocycles. The second-order valence-electron chi connectivity index (χ2n) is 11.0. The topological polar surface area (TPSA) is 59.1 Å². The van der Waals surface area contributed by atoms with Gasteiger partial charge in [-0.3, -0.25) is 4.90 Å². The van der Waals surface area contributed by atoms with Gasteiger partial charge in [0.2, 0.25) is 0 Å². The Morgan fingerprint density at radius 1 is 1.11 bits per heavy atom. The maximum absolute atomic E-state index is 14.1. The summed E-state index contributed by atoms with van der Waals surface area (Å²) >= 11 is 3.61. The molecular weight excluding hydrogens is 556 g/mol. The fraction of sp³-hybridized carbons (Fsp3) is 0.481. The third kappa shape index (κ3) is 5.37. The number of nitrogens with zero attached hydrogens (tertiary/aromatic N) is 2. The van der Waals surface area contributed by atoms with Crippen LogP contribution >= 0.6 is 15.9 Å². The van der Waals surface area contributed by atoms with Crippen molar-refractivity contribution in [2.75, 3.05) is 37.2 Å². The number of fused-ring (bicyclic) bond motifs is 1. The summed E-state index contributed by atoms with van der Waals surface area (Å²) in [6.45, 7) is 16.1.